The van der Waals surface area contributed by atoms with E-state index in [4.69, 9.17) is 0 Å². The first-order valence-electron chi connectivity index (χ1n) is 4.57. The van der Waals surface area contributed by atoms with Crippen LogP contribution in [0.15, 0.2) is 34.1 Å². The molecular formula is C12H8O2S2. The predicted octanol–water partition coefficient (Wildman–Crippen LogP) is 3.04. The van der Waals surface area contributed by atoms with E-state index >= 15 is 0 Å². The summed E-state index contributed by atoms with van der Waals surface area (Å²) in [6.07, 6.45) is 1.48. The number of thiol groups is 2. The van der Waals surface area contributed by atoms with Gasteiger partial charge in [-0.25, -0.2) is 0 Å². The van der Waals surface area contributed by atoms with E-state index in [0.29, 0.717) is 20.9 Å². The smallest absolute Gasteiger partial charge is 0.151 e. The van der Waals surface area contributed by atoms with Crippen molar-refractivity contribution in [1.82, 2.24) is 0 Å². The fourth-order valence-corrected chi connectivity index (χ4v) is 2.43. The van der Waals surface area contributed by atoms with E-state index in [9.17, 15) is 9.59 Å². The van der Waals surface area contributed by atoms with Gasteiger partial charge in [0.25, 0.3) is 0 Å². The zero-order valence-electron chi connectivity index (χ0n) is 8.18. The zero-order chi connectivity index (χ0) is 11.7. The summed E-state index contributed by atoms with van der Waals surface area (Å²) in [7, 11) is 0. The van der Waals surface area contributed by atoms with Crippen LogP contribution in [0, 0.1) is 0 Å². The van der Waals surface area contributed by atoms with Gasteiger partial charge in [0.15, 0.2) is 12.6 Å². The van der Waals surface area contributed by atoms with Gasteiger partial charge in [-0.1, -0.05) is 12.1 Å². The molecule has 0 aliphatic rings. The lowest BCUT2D eigenvalue weighted by atomic mass is 10.0. The first-order valence-corrected chi connectivity index (χ1v) is 5.46. The molecule has 0 atom stereocenters. The molecule has 2 aromatic rings. The van der Waals surface area contributed by atoms with Gasteiger partial charge in [-0.15, -0.1) is 25.3 Å². The van der Waals surface area contributed by atoms with Crippen molar-refractivity contribution in [3.8, 4) is 0 Å². The Morgan fingerprint density at radius 2 is 1.25 bits per heavy atom. The van der Waals surface area contributed by atoms with Gasteiger partial charge in [-0.3, -0.25) is 9.59 Å². The second-order valence-electron chi connectivity index (χ2n) is 3.34. The molecule has 2 nitrogen and oxygen atoms in total. The molecule has 0 bridgehead atoms. The highest BCUT2D eigenvalue weighted by atomic mass is 32.1. The van der Waals surface area contributed by atoms with Gasteiger partial charge in [-0.2, -0.15) is 0 Å². The van der Waals surface area contributed by atoms with E-state index in [1.807, 2.05) is 12.1 Å². The third kappa shape index (κ3) is 1.64. The van der Waals surface area contributed by atoms with Gasteiger partial charge in [0.05, 0.1) is 0 Å². The quantitative estimate of drug-likeness (QED) is 0.632. The average molecular weight is 248 g/mol. The van der Waals surface area contributed by atoms with Crippen molar-refractivity contribution in [1.29, 1.82) is 0 Å². The summed E-state index contributed by atoms with van der Waals surface area (Å²) in [4.78, 5) is 22.7. The molecule has 0 spiro atoms. The van der Waals surface area contributed by atoms with Crippen LogP contribution in [0.25, 0.3) is 10.8 Å². The SMILES string of the molecule is O=Cc1ccc2ccc(C=O)c(S)c2c1S. The van der Waals surface area contributed by atoms with E-state index < -0.39 is 0 Å². The van der Waals surface area contributed by atoms with Crippen LogP contribution in [0.4, 0.5) is 0 Å². The molecule has 0 heterocycles. The highest BCUT2D eigenvalue weighted by Gasteiger charge is 2.09. The largest absolute Gasteiger partial charge is 0.298 e. The topological polar surface area (TPSA) is 34.1 Å². The number of aldehydes is 2. The van der Waals surface area contributed by atoms with Crippen LogP contribution in [0.1, 0.15) is 20.7 Å². The molecule has 2 rings (SSSR count). The number of hydrogen-bond acceptors (Lipinski definition) is 4. The number of hydrogen-bond donors (Lipinski definition) is 2. The summed E-state index contributed by atoms with van der Waals surface area (Å²) in [5.74, 6) is 0. The van der Waals surface area contributed by atoms with Gasteiger partial charge in [-0.05, 0) is 17.5 Å². The predicted molar refractivity (Wildman–Crippen MR) is 69.2 cm³/mol. The molecule has 0 aliphatic heterocycles. The van der Waals surface area contributed by atoms with Gasteiger partial charge in [0.1, 0.15) is 0 Å². The molecule has 80 valence electrons. The monoisotopic (exact) mass is 248 g/mol. The Morgan fingerprint density at radius 1 is 0.812 bits per heavy atom. The van der Waals surface area contributed by atoms with Crippen LogP contribution in [-0.2, 0) is 0 Å². The maximum Gasteiger partial charge on any atom is 0.151 e. The summed E-state index contributed by atoms with van der Waals surface area (Å²) < 4.78 is 0. The minimum Gasteiger partial charge on any atom is -0.298 e. The Balaban J connectivity index is 2.94. The highest BCUT2D eigenvalue weighted by molar-refractivity contribution is 7.81. The van der Waals surface area contributed by atoms with Crippen molar-refractivity contribution in [3.05, 3.63) is 35.4 Å². The molecule has 0 saturated carbocycles. The zero-order valence-corrected chi connectivity index (χ0v) is 9.96. The fraction of sp³-hybridized carbons (Fsp3) is 0. The number of benzene rings is 2. The first kappa shape index (κ1) is 11.2. The maximum absolute atomic E-state index is 10.8. The number of carbonyl (C=O) groups is 2. The van der Waals surface area contributed by atoms with Crippen LogP contribution in [0.5, 0.6) is 0 Å². The average Bonchev–Trinajstić information content (AvgIpc) is 2.30. The Kier molecular flexibility index (Phi) is 3.03. The molecule has 0 radical (unpaired) electrons. The van der Waals surface area contributed by atoms with Crippen molar-refractivity contribution in [3.63, 3.8) is 0 Å². The standard InChI is InChI=1S/C12H8O2S2/c13-5-8-3-1-7-2-4-9(6-14)12(16)10(7)11(8)15/h1-6,15-16H. The second-order valence-corrected chi connectivity index (χ2v) is 4.24. The lowest BCUT2D eigenvalue weighted by Gasteiger charge is -2.08. The van der Waals surface area contributed by atoms with E-state index in [0.717, 1.165) is 23.3 Å². The molecule has 2 aromatic carbocycles. The summed E-state index contributed by atoms with van der Waals surface area (Å²) >= 11 is 8.61. The van der Waals surface area contributed by atoms with Crippen molar-refractivity contribution in [2.75, 3.05) is 0 Å². The van der Waals surface area contributed by atoms with Crippen molar-refractivity contribution in [2.24, 2.45) is 0 Å². The molecule has 0 saturated heterocycles. The highest BCUT2D eigenvalue weighted by Crippen LogP contribution is 2.32. The Hall–Kier alpha value is -1.26. The van der Waals surface area contributed by atoms with Gasteiger partial charge < -0.3 is 0 Å². The van der Waals surface area contributed by atoms with E-state index in [1.54, 1.807) is 12.1 Å². The van der Waals surface area contributed by atoms with E-state index in [2.05, 4.69) is 25.3 Å². The molecule has 0 fully saturated rings. The third-order valence-corrected chi connectivity index (χ3v) is 3.41. The Bertz CT molecular complexity index is 542. The van der Waals surface area contributed by atoms with Gasteiger partial charge >= 0.3 is 0 Å². The number of carbonyl (C=O) groups excluding carboxylic acids is 2. The minimum atomic E-state index is 0.495. The maximum atomic E-state index is 10.8. The van der Waals surface area contributed by atoms with Crippen molar-refractivity contribution >= 4 is 48.6 Å². The normalized spacial score (nSPS) is 10.4. The summed E-state index contributed by atoms with van der Waals surface area (Å²) in [5.41, 5.74) is 0.989. The molecule has 4 heteroatoms. The molecule has 0 unspecified atom stereocenters. The number of rotatable bonds is 2. The summed E-state index contributed by atoms with van der Waals surface area (Å²) in [6.45, 7) is 0. The van der Waals surface area contributed by atoms with Crippen LogP contribution in [-0.4, -0.2) is 12.6 Å². The van der Waals surface area contributed by atoms with Crippen LogP contribution < -0.4 is 0 Å². The fourth-order valence-electron chi connectivity index (χ4n) is 1.60. The Morgan fingerprint density at radius 3 is 1.62 bits per heavy atom. The summed E-state index contributed by atoms with van der Waals surface area (Å²) in [6, 6.07) is 7.02. The van der Waals surface area contributed by atoms with Crippen LogP contribution in [0.2, 0.25) is 0 Å². The molecule has 0 amide bonds. The molecule has 0 N–H and O–H groups in total. The first-order chi connectivity index (χ1) is 7.69. The van der Waals surface area contributed by atoms with Crippen LogP contribution >= 0.6 is 25.3 Å². The summed E-state index contributed by atoms with van der Waals surface area (Å²) in [5, 5.41) is 1.65. The minimum absolute atomic E-state index is 0.495. The molecular weight excluding hydrogens is 240 g/mol. The van der Waals surface area contributed by atoms with Gasteiger partial charge in [0, 0.05) is 26.3 Å². The molecule has 16 heavy (non-hydrogen) atoms. The lowest BCUT2D eigenvalue weighted by molar-refractivity contribution is 0.111. The lowest BCUT2D eigenvalue weighted by Crippen LogP contribution is -1.90. The van der Waals surface area contributed by atoms with Crippen LogP contribution in [0.3, 0.4) is 0 Å². The van der Waals surface area contributed by atoms with Crippen molar-refractivity contribution < 1.29 is 9.59 Å². The third-order valence-electron chi connectivity index (χ3n) is 2.45. The van der Waals surface area contributed by atoms with Crippen molar-refractivity contribution in [2.45, 2.75) is 9.79 Å². The van der Waals surface area contributed by atoms with E-state index in [-0.39, 0.29) is 0 Å². The van der Waals surface area contributed by atoms with E-state index in [1.165, 1.54) is 0 Å². The molecule has 0 aliphatic carbocycles. The number of fused-ring (bicyclic) bond motifs is 1. The second kappa shape index (κ2) is 4.31. The Labute approximate surface area is 103 Å². The molecule has 0 aromatic heterocycles. The van der Waals surface area contributed by atoms with Gasteiger partial charge in [0.2, 0.25) is 0 Å².